The van der Waals surface area contributed by atoms with Gasteiger partial charge in [0.05, 0.1) is 13.1 Å². The Morgan fingerprint density at radius 1 is 0.920 bits per heavy atom. The van der Waals surface area contributed by atoms with E-state index in [0.717, 1.165) is 22.4 Å². The third-order valence-corrected chi connectivity index (χ3v) is 3.90. The van der Waals surface area contributed by atoms with Crippen LogP contribution in [0.15, 0.2) is 48.5 Å². The van der Waals surface area contributed by atoms with Crippen molar-refractivity contribution in [1.29, 1.82) is 0 Å². The molecule has 0 radical (unpaired) electrons. The van der Waals surface area contributed by atoms with E-state index in [-0.39, 0.29) is 24.9 Å². The summed E-state index contributed by atoms with van der Waals surface area (Å²) >= 11 is 0. The van der Waals surface area contributed by atoms with E-state index < -0.39 is 0 Å². The fourth-order valence-corrected chi connectivity index (χ4v) is 2.63. The van der Waals surface area contributed by atoms with Crippen molar-refractivity contribution in [2.45, 2.75) is 20.4 Å². The number of aryl methyl sites for hydroxylation is 2. The molecule has 132 valence electrons. The van der Waals surface area contributed by atoms with Crippen molar-refractivity contribution in [2.24, 2.45) is 0 Å². The van der Waals surface area contributed by atoms with Gasteiger partial charge in [-0.1, -0.05) is 48.5 Å². The molecule has 2 amide bonds. The molecule has 0 spiro atoms. The SMILES string of the molecule is Cc1cccc(C)c1NC(=O)CNC(=O)CN(C)Cc1ccccc1. The summed E-state index contributed by atoms with van der Waals surface area (Å²) in [7, 11) is 1.88. The molecule has 2 aromatic carbocycles. The zero-order valence-electron chi connectivity index (χ0n) is 15.0. The first-order valence-corrected chi connectivity index (χ1v) is 8.31. The van der Waals surface area contributed by atoms with Gasteiger partial charge in [0.25, 0.3) is 0 Å². The number of carbonyl (C=O) groups excluding carboxylic acids is 2. The monoisotopic (exact) mass is 339 g/mol. The molecule has 0 atom stereocenters. The molecule has 0 aromatic heterocycles. The minimum Gasteiger partial charge on any atom is -0.346 e. The van der Waals surface area contributed by atoms with Gasteiger partial charge >= 0.3 is 0 Å². The van der Waals surface area contributed by atoms with Gasteiger partial charge in [-0.05, 0) is 37.6 Å². The normalized spacial score (nSPS) is 10.6. The molecule has 2 rings (SSSR count). The zero-order valence-corrected chi connectivity index (χ0v) is 15.0. The largest absolute Gasteiger partial charge is 0.346 e. The Balaban J connectivity index is 1.76. The molecule has 0 aliphatic heterocycles. The topological polar surface area (TPSA) is 61.4 Å². The Morgan fingerprint density at radius 2 is 1.56 bits per heavy atom. The van der Waals surface area contributed by atoms with Gasteiger partial charge in [-0.3, -0.25) is 14.5 Å². The van der Waals surface area contributed by atoms with Crippen LogP contribution in [0.25, 0.3) is 0 Å². The lowest BCUT2D eigenvalue weighted by atomic mass is 10.1. The molecule has 2 aromatic rings. The summed E-state index contributed by atoms with van der Waals surface area (Å²) < 4.78 is 0. The van der Waals surface area contributed by atoms with Crippen LogP contribution in [-0.2, 0) is 16.1 Å². The Morgan fingerprint density at radius 3 is 2.20 bits per heavy atom. The van der Waals surface area contributed by atoms with E-state index in [2.05, 4.69) is 10.6 Å². The summed E-state index contributed by atoms with van der Waals surface area (Å²) in [6, 6.07) is 15.8. The predicted octanol–water partition coefficient (Wildman–Crippen LogP) is 2.49. The van der Waals surface area contributed by atoms with Crippen LogP contribution in [0.3, 0.4) is 0 Å². The lowest BCUT2D eigenvalue weighted by Gasteiger charge is -2.16. The minimum absolute atomic E-state index is 0.0359. The number of nitrogens with one attached hydrogen (secondary N) is 2. The van der Waals surface area contributed by atoms with E-state index in [4.69, 9.17) is 0 Å². The van der Waals surface area contributed by atoms with Crippen molar-refractivity contribution in [3.05, 3.63) is 65.2 Å². The van der Waals surface area contributed by atoms with Crippen LogP contribution in [0.4, 0.5) is 5.69 Å². The van der Waals surface area contributed by atoms with Crippen LogP contribution < -0.4 is 10.6 Å². The molecule has 0 aliphatic carbocycles. The summed E-state index contributed by atoms with van der Waals surface area (Å²) in [6.07, 6.45) is 0. The van der Waals surface area contributed by atoms with Gasteiger partial charge in [0.1, 0.15) is 0 Å². The first kappa shape index (κ1) is 18.7. The summed E-state index contributed by atoms with van der Waals surface area (Å²) in [5.74, 6) is -0.397. The number of hydrogen-bond donors (Lipinski definition) is 2. The molecule has 5 heteroatoms. The fraction of sp³-hybridized carbons (Fsp3) is 0.300. The maximum Gasteiger partial charge on any atom is 0.243 e. The van der Waals surface area contributed by atoms with E-state index in [1.807, 2.05) is 74.3 Å². The van der Waals surface area contributed by atoms with Gasteiger partial charge < -0.3 is 10.6 Å². The number of benzene rings is 2. The first-order chi connectivity index (χ1) is 12.0. The predicted molar refractivity (Wildman–Crippen MR) is 100 cm³/mol. The first-order valence-electron chi connectivity index (χ1n) is 8.31. The highest BCUT2D eigenvalue weighted by Crippen LogP contribution is 2.18. The lowest BCUT2D eigenvalue weighted by Crippen LogP contribution is -2.39. The number of anilines is 1. The second kappa shape index (κ2) is 8.99. The van der Waals surface area contributed by atoms with Crippen molar-refractivity contribution in [1.82, 2.24) is 10.2 Å². The van der Waals surface area contributed by atoms with Crippen molar-refractivity contribution < 1.29 is 9.59 Å². The maximum atomic E-state index is 12.1. The van der Waals surface area contributed by atoms with Gasteiger partial charge in [0.15, 0.2) is 0 Å². The quantitative estimate of drug-likeness (QED) is 0.815. The number of amides is 2. The fourth-order valence-electron chi connectivity index (χ4n) is 2.63. The molecular weight excluding hydrogens is 314 g/mol. The lowest BCUT2D eigenvalue weighted by molar-refractivity contribution is -0.124. The van der Waals surface area contributed by atoms with Crippen LogP contribution in [0, 0.1) is 13.8 Å². The summed E-state index contributed by atoms with van der Waals surface area (Å²) in [5, 5.41) is 5.53. The molecule has 5 nitrogen and oxygen atoms in total. The molecule has 0 heterocycles. The molecular formula is C20H25N3O2. The smallest absolute Gasteiger partial charge is 0.243 e. The van der Waals surface area contributed by atoms with Crippen LogP contribution in [0.1, 0.15) is 16.7 Å². The third-order valence-electron chi connectivity index (χ3n) is 3.90. The zero-order chi connectivity index (χ0) is 18.2. The molecule has 0 fully saturated rings. The van der Waals surface area contributed by atoms with Crippen molar-refractivity contribution in [2.75, 3.05) is 25.5 Å². The van der Waals surface area contributed by atoms with Gasteiger partial charge in [0.2, 0.25) is 11.8 Å². The summed E-state index contributed by atoms with van der Waals surface area (Å²) in [6.45, 7) is 4.78. The Bertz CT molecular complexity index is 709. The van der Waals surface area contributed by atoms with Crippen molar-refractivity contribution >= 4 is 17.5 Å². The van der Waals surface area contributed by atoms with Crippen LogP contribution >= 0.6 is 0 Å². The highest BCUT2D eigenvalue weighted by molar-refractivity contribution is 5.95. The molecule has 0 unspecified atom stereocenters. The van der Waals surface area contributed by atoms with Gasteiger partial charge in [-0.2, -0.15) is 0 Å². The average molecular weight is 339 g/mol. The second-order valence-corrected chi connectivity index (χ2v) is 6.25. The molecule has 0 bridgehead atoms. The standard InChI is InChI=1S/C20H25N3O2/c1-15-8-7-9-16(2)20(15)22-18(24)12-21-19(25)14-23(3)13-17-10-5-4-6-11-17/h4-11H,12-14H2,1-3H3,(H,21,25)(H,22,24). The van der Waals surface area contributed by atoms with E-state index in [1.165, 1.54) is 0 Å². The minimum atomic E-state index is -0.225. The van der Waals surface area contributed by atoms with Crippen molar-refractivity contribution in [3.63, 3.8) is 0 Å². The van der Waals surface area contributed by atoms with E-state index in [0.29, 0.717) is 6.54 Å². The average Bonchev–Trinajstić information content (AvgIpc) is 2.57. The Hall–Kier alpha value is -2.66. The molecule has 0 saturated heterocycles. The van der Waals surface area contributed by atoms with Gasteiger partial charge in [0, 0.05) is 12.2 Å². The number of likely N-dealkylation sites (N-methyl/N-ethyl adjacent to an activating group) is 1. The van der Waals surface area contributed by atoms with Crippen LogP contribution in [0.5, 0.6) is 0 Å². The maximum absolute atomic E-state index is 12.1. The Labute approximate surface area is 149 Å². The third kappa shape index (κ3) is 6.04. The second-order valence-electron chi connectivity index (χ2n) is 6.25. The molecule has 25 heavy (non-hydrogen) atoms. The van der Waals surface area contributed by atoms with Crippen LogP contribution in [-0.4, -0.2) is 36.9 Å². The number of carbonyl (C=O) groups is 2. The van der Waals surface area contributed by atoms with Gasteiger partial charge in [-0.15, -0.1) is 0 Å². The van der Waals surface area contributed by atoms with E-state index >= 15 is 0 Å². The Kier molecular flexibility index (Phi) is 6.71. The summed E-state index contributed by atoms with van der Waals surface area (Å²) in [4.78, 5) is 26.0. The highest BCUT2D eigenvalue weighted by atomic mass is 16.2. The number of rotatable bonds is 7. The van der Waals surface area contributed by atoms with E-state index in [9.17, 15) is 9.59 Å². The number of para-hydroxylation sites is 1. The van der Waals surface area contributed by atoms with Gasteiger partial charge in [-0.25, -0.2) is 0 Å². The molecule has 2 N–H and O–H groups in total. The molecule has 0 aliphatic rings. The number of hydrogen-bond acceptors (Lipinski definition) is 3. The molecule has 0 saturated carbocycles. The summed E-state index contributed by atoms with van der Waals surface area (Å²) in [5.41, 5.74) is 3.96. The van der Waals surface area contributed by atoms with Crippen LogP contribution in [0.2, 0.25) is 0 Å². The number of nitrogens with zero attached hydrogens (tertiary/aromatic N) is 1. The van der Waals surface area contributed by atoms with Crippen molar-refractivity contribution in [3.8, 4) is 0 Å². The van der Waals surface area contributed by atoms with E-state index in [1.54, 1.807) is 0 Å². The highest BCUT2D eigenvalue weighted by Gasteiger charge is 2.11.